The molecule has 0 atom stereocenters. The molecule has 1 rings (SSSR count). The number of benzene rings is 1. The molecule has 0 aromatic heterocycles. The van der Waals surface area contributed by atoms with Gasteiger partial charge in [0.2, 0.25) is 0 Å². The van der Waals surface area contributed by atoms with Crippen molar-refractivity contribution in [3.63, 3.8) is 0 Å². The Bertz CT molecular complexity index is 307. The Balaban J connectivity index is 0.00000169. The maximum atomic E-state index is 10.8. The van der Waals surface area contributed by atoms with Crippen LogP contribution in [-0.2, 0) is 40.1 Å². The minimum Gasteiger partial charge on any atom is 0 e. The first-order valence-corrected chi connectivity index (χ1v) is 15.8. The van der Waals surface area contributed by atoms with Gasteiger partial charge in [0.15, 0.2) is 0 Å². The smallest absolute Gasteiger partial charge is 0 e. The fraction of sp³-hybridized carbons (Fsp3) is 0.222. The number of hydrogen-bond acceptors (Lipinski definition) is 2. The molecule has 0 aliphatic carbocycles. The van der Waals surface area contributed by atoms with Crippen LogP contribution < -0.4 is 0 Å². The van der Waals surface area contributed by atoms with Gasteiger partial charge in [0.1, 0.15) is 0 Å². The maximum Gasteiger partial charge on any atom is 0 e. The molecule has 14 heavy (non-hydrogen) atoms. The molecule has 0 aliphatic rings. The third kappa shape index (κ3) is 4.34. The fourth-order valence-corrected chi connectivity index (χ4v) is 9.77. The van der Waals surface area contributed by atoms with Gasteiger partial charge in [0, 0.05) is 17.1 Å². The molecule has 0 saturated carbocycles. The first-order valence-electron chi connectivity index (χ1n) is 4.20. The van der Waals surface area contributed by atoms with E-state index in [1.54, 1.807) is 12.1 Å². The minimum atomic E-state index is -0.860. The molecule has 2 nitrogen and oxygen atoms in total. The molecule has 0 radical (unpaired) electrons. The monoisotopic (exact) mass is 440 g/mol. The van der Waals surface area contributed by atoms with Gasteiger partial charge in [-0.1, -0.05) is 0 Å². The van der Waals surface area contributed by atoms with Crippen LogP contribution in [0.2, 0.25) is 3.93 Å². The molecule has 5 heteroatoms. The summed E-state index contributed by atoms with van der Waals surface area (Å²) in [6, 6.07) is 7.26. The van der Waals surface area contributed by atoms with Crippen molar-refractivity contribution in [2.75, 3.05) is 0 Å². The largest absolute Gasteiger partial charge is 0 e. The number of carboxylic acids is 1. The van der Waals surface area contributed by atoms with Gasteiger partial charge in [0.05, 0.1) is 0 Å². The SMILES string of the molecule is C[CH2][Hg][S]c1ccccc1C(=O)O.[Fe]. The van der Waals surface area contributed by atoms with Gasteiger partial charge in [0.25, 0.3) is 0 Å². The maximum absolute atomic E-state index is 10.8. The molecule has 0 saturated heterocycles. The van der Waals surface area contributed by atoms with Gasteiger partial charge in [-0.15, -0.1) is 0 Å². The van der Waals surface area contributed by atoms with E-state index in [4.69, 9.17) is 5.11 Å². The van der Waals surface area contributed by atoms with Crippen LogP contribution in [0.3, 0.4) is 0 Å². The fourth-order valence-electron chi connectivity index (χ4n) is 0.981. The van der Waals surface area contributed by atoms with Crippen molar-refractivity contribution < 1.29 is 50.0 Å². The van der Waals surface area contributed by atoms with Crippen LogP contribution in [0.1, 0.15) is 17.3 Å². The van der Waals surface area contributed by atoms with Crippen LogP contribution in [0.25, 0.3) is 0 Å². The van der Waals surface area contributed by atoms with Crippen molar-refractivity contribution in [3.8, 4) is 0 Å². The van der Waals surface area contributed by atoms with E-state index in [0.29, 0.717) is 5.56 Å². The topological polar surface area (TPSA) is 37.3 Å². The summed E-state index contributed by atoms with van der Waals surface area (Å²) in [5, 5.41) is 8.88. The zero-order chi connectivity index (χ0) is 9.68. The first-order chi connectivity index (χ1) is 6.25. The summed E-state index contributed by atoms with van der Waals surface area (Å²) in [5.74, 6) is -0.812. The van der Waals surface area contributed by atoms with Gasteiger partial charge in [-0.05, 0) is 0 Å². The van der Waals surface area contributed by atoms with E-state index in [1.165, 1.54) is 3.93 Å². The number of rotatable bonds is 4. The second-order valence-electron chi connectivity index (χ2n) is 2.65. The molecule has 0 heterocycles. The number of hydrogen-bond donors (Lipinski definition) is 1. The van der Waals surface area contributed by atoms with Crippen LogP contribution in [-0.4, -0.2) is 11.1 Å². The number of aromatic carboxylic acids is 1. The molecule has 0 unspecified atom stereocenters. The summed E-state index contributed by atoms with van der Waals surface area (Å²) < 4.78 is 1.28. The zero-order valence-corrected chi connectivity index (χ0v) is 15.3. The van der Waals surface area contributed by atoms with Crippen molar-refractivity contribution >= 4 is 14.2 Å². The third-order valence-corrected chi connectivity index (χ3v) is 13.6. The second-order valence-corrected chi connectivity index (χ2v) is 15.8. The summed E-state index contributed by atoms with van der Waals surface area (Å²) in [4.78, 5) is 11.8. The Morgan fingerprint density at radius 2 is 2.14 bits per heavy atom. The summed E-state index contributed by atoms with van der Waals surface area (Å²) >= 11 is -0.860. The van der Waals surface area contributed by atoms with E-state index in [0.717, 1.165) is 4.90 Å². The van der Waals surface area contributed by atoms with Crippen LogP contribution >= 0.6 is 8.24 Å². The Hall–Kier alpha value is 0.495. The van der Waals surface area contributed by atoms with E-state index in [1.807, 2.05) is 20.4 Å². The average molecular weight is 439 g/mol. The van der Waals surface area contributed by atoms with Crippen molar-refractivity contribution in [3.05, 3.63) is 29.8 Å². The number of carboxylic acid groups (broad SMARTS) is 1. The average Bonchev–Trinajstić information content (AvgIpc) is 2.15. The molecule has 0 fully saturated rings. The van der Waals surface area contributed by atoms with Crippen LogP contribution in [0.5, 0.6) is 0 Å². The Kier molecular flexibility index (Phi) is 8.02. The first kappa shape index (κ1) is 14.5. The quantitative estimate of drug-likeness (QED) is 0.735. The summed E-state index contributed by atoms with van der Waals surface area (Å²) in [6.45, 7) is 2.18. The Labute approximate surface area is 109 Å². The van der Waals surface area contributed by atoms with E-state index >= 15 is 0 Å². The van der Waals surface area contributed by atoms with Gasteiger partial charge >= 0.3 is 92.8 Å². The predicted molar refractivity (Wildman–Crippen MR) is 49.7 cm³/mol. The van der Waals surface area contributed by atoms with Crippen LogP contribution in [0.15, 0.2) is 29.2 Å². The summed E-state index contributed by atoms with van der Waals surface area (Å²) in [5.41, 5.74) is 0.459. The molecule has 1 aromatic carbocycles. The van der Waals surface area contributed by atoms with E-state index in [-0.39, 0.29) is 17.1 Å². The molecule has 0 spiro atoms. The molecule has 0 aliphatic heterocycles. The summed E-state index contributed by atoms with van der Waals surface area (Å²) in [6.07, 6.45) is 0. The molecule has 1 aromatic rings. The Morgan fingerprint density at radius 3 is 2.71 bits per heavy atom. The van der Waals surface area contributed by atoms with Gasteiger partial charge < -0.3 is 0 Å². The van der Waals surface area contributed by atoms with E-state index in [9.17, 15) is 4.79 Å². The van der Waals surface area contributed by atoms with Crippen molar-refractivity contribution in [1.82, 2.24) is 0 Å². The van der Waals surface area contributed by atoms with Crippen LogP contribution in [0, 0.1) is 0 Å². The van der Waals surface area contributed by atoms with Crippen molar-refractivity contribution in [2.24, 2.45) is 0 Å². The molecular formula is C9H10FeHgO2S. The molecular weight excluding hydrogens is 429 g/mol. The molecule has 1 N–H and O–H groups in total. The van der Waals surface area contributed by atoms with Crippen molar-refractivity contribution in [2.45, 2.75) is 15.7 Å². The minimum absolute atomic E-state index is 0. The van der Waals surface area contributed by atoms with Gasteiger partial charge in [-0.25, -0.2) is 0 Å². The number of carbonyl (C=O) groups is 1. The Morgan fingerprint density at radius 1 is 1.50 bits per heavy atom. The second kappa shape index (κ2) is 7.74. The molecule has 0 amide bonds. The van der Waals surface area contributed by atoms with Crippen LogP contribution in [0.4, 0.5) is 0 Å². The van der Waals surface area contributed by atoms with E-state index in [2.05, 4.69) is 6.92 Å². The normalized spacial score (nSPS) is 8.64. The zero-order valence-electron chi connectivity index (χ0n) is 7.84. The van der Waals surface area contributed by atoms with Gasteiger partial charge in [-0.2, -0.15) is 0 Å². The predicted octanol–water partition coefficient (Wildman–Crippen LogP) is 2.91. The molecule has 74 valence electrons. The molecule has 0 bridgehead atoms. The third-order valence-electron chi connectivity index (χ3n) is 1.58. The van der Waals surface area contributed by atoms with E-state index < -0.39 is 29.0 Å². The summed E-state index contributed by atoms with van der Waals surface area (Å²) in [7, 11) is 1.82. The standard InChI is InChI=1S/C7H6O2S.C2H5.Fe.Hg/c8-7(9)5-3-1-2-4-6(5)10;1-2;;/h1-4,10H,(H,8,9);1H2,2H3;;/q;;;+1/p-1. The van der Waals surface area contributed by atoms with Gasteiger partial charge in [-0.3, -0.25) is 0 Å². The van der Waals surface area contributed by atoms with Crippen molar-refractivity contribution in [1.29, 1.82) is 0 Å².